The highest BCUT2D eigenvalue weighted by Crippen LogP contribution is 2.20. The highest BCUT2D eigenvalue weighted by Gasteiger charge is 2.15. The average molecular weight is 293 g/mol. The van der Waals surface area contributed by atoms with Gasteiger partial charge in [0.2, 0.25) is 10.0 Å². The van der Waals surface area contributed by atoms with Crippen LogP contribution in [0.5, 0.6) is 0 Å². The lowest BCUT2D eigenvalue weighted by atomic mass is 10.3. The predicted octanol–water partition coefficient (Wildman–Crippen LogP) is 0.602. The monoisotopic (exact) mass is 293 g/mol. The molecule has 2 heterocycles. The van der Waals surface area contributed by atoms with Gasteiger partial charge in [-0.05, 0) is 18.2 Å². The SMILES string of the molecule is NS(=O)(=O)c1ccc(-n2ncc3cncnc32)c(F)c1. The molecule has 0 amide bonds. The molecule has 9 heteroatoms. The second kappa shape index (κ2) is 4.32. The number of rotatable bonds is 2. The van der Waals surface area contributed by atoms with E-state index in [1.165, 1.54) is 29.3 Å². The Bertz CT molecular complexity index is 906. The number of aromatic nitrogens is 4. The van der Waals surface area contributed by atoms with Gasteiger partial charge in [0.05, 0.1) is 16.5 Å². The number of benzene rings is 1. The maximum Gasteiger partial charge on any atom is 0.238 e. The Labute approximate surface area is 112 Å². The minimum atomic E-state index is -3.95. The first kappa shape index (κ1) is 12.6. The lowest BCUT2D eigenvalue weighted by Crippen LogP contribution is -2.13. The van der Waals surface area contributed by atoms with Gasteiger partial charge in [-0.25, -0.2) is 32.6 Å². The van der Waals surface area contributed by atoms with Gasteiger partial charge in [0.1, 0.15) is 17.8 Å². The summed E-state index contributed by atoms with van der Waals surface area (Å²) in [6.07, 6.45) is 4.35. The van der Waals surface area contributed by atoms with Crippen LogP contribution in [0.4, 0.5) is 4.39 Å². The second-order valence-corrected chi connectivity index (χ2v) is 5.58. The zero-order valence-corrected chi connectivity index (χ0v) is 10.7. The molecule has 0 bridgehead atoms. The van der Waals surface area contributed by atoms with Gasteiger partial charge < -0.3 is 0 Å². The Kier molecular flexibility index (Phi) is 2.73. The van der Waals surface area contributed by atoms with Crippen LogP contribution in [0, 0.1) is 5.82 Å². The number of nitrogens with zero attached hydrogens (tertiary/aromatic N) is 4. The van der Waals surface area contributed by atoms with E-state index in [-0.39, 0.29) is 10.6 Å². The van der Waals surface area contributed by atoms with Gasteiger partial charge in [0.25, 0.3) is 0 Å². The highest BCUT2D eigenvalue weighted by molar-refractivity contribution is 7.89. The lowest BCUT2D eigenvalue weighted by Gasteiger charge is -2.05. The minimum absolute atomic E-state index is 0.0751. The molecule has 0 spiro atoms. The molecule has 3 rings (SSSR count). The standard InChI is InChI=1S/C11H8FN5O2S/c12-9-3-8(20(13,18)19)1-2-10(9)17-11-7(5-16-17)4-14-6-15-11/h1-6H,(H2,13,18,19). The van der Waals surface area contributed by atoms with E-state index in [0.29, 0.717) is 11.0 Å². The van der Waals surface area contributed by atoms with Crippen LogP contribution in [0.1, 0.15) is 0 Å². The Balaban J connectivity index is 2.21. The average Bonchev–Trinajstić information content (AvgIpc) is 2.81. The summed E-state index contributed by atoms with van der Waals surface area (Å²) in [7, 11) is -3.95. The summed E-state index contributed by atoms with van der Waals surface area (Å²) >= 11 is 0. The highest BCUT2D eigenvalue weighted by atomic mass is 32.2. The van der Waals surface area contributed by atoms with Crippen molar-refractivity contribution >= 4 is 21.1 Å². The van der Waals surface area contributed by atoms with Crippen molar-refractivity contribution in [1.29, 1.82) is 0 Å². The van der Waals surface area contributed by atoms with E-state index in [2.05, 4.69) is 15.1 Å². The number of primary sulfonamides is 1. The molecule has 1 aromatic carbocycles. The van der Waals surface area contributed by atoms with Crippen LogP contribution in [-0.2, 0) is 10.0 Å². The normalized spacial score (nSPS) is 11.9. The second-order valence-electron chi connectivity index (χ2n) is 4.02. The number of hydrogen-bond donors (Lipinski definition) is 1. The van der Waals surface area contributed by atoms with Crippen LogP contribution < -0.4 is 5.14 Å². The third-order valence-corrected chi connectivity index (χ3v) is 3.62. The molecule has 0 saturated heterocycles. The van der Waals surface area contributed by atoms with Crippen LogP contribution in [0.15, 0.2) is 41.8 Å². The number of sulfonamides is 1. The van der Waals surface area contributed by atoms with E-state index >= 15 is 0 Å². The first-order valence-corrected chi connectivity index (χ1v) is 6.98. The zero-order chi connectivity index (χ0) is 14.3. The van der Waals surface area contributed by atoms with E-state index in [1.54, 1.807) is 6.20 Å². The fraction of sp³-hybridized carbons (Fsp3) is 0. The van der Waals surface area contributed by atoms with Crippen LogP contribution in [0.3, 0.4) is 0 Å². The summed E-state index contributed by atoms with van der Waals surface area (Å²) in [6.45, 7) is 0. The topological polar surface area (TPSA) is 104 Å². The molecule has 0 aliphatic heterocycles. The summed E-state index contributed by atoms with van der Waals surface area (Å²) in [5, 5.41) is 9.60. The van der Waals surface area contributed by atoms with E-state index in [9.17, 15) is 12.8 Å². The Morgan fingerprint density at radius 3 is 2.75 bits per heavy atom. The molecule has 3 aromatic rings. The molecule has 0 unspecified atom stereocenters. The van der Waals surface area contributed by atoms with E-state index in [0.717, 1.165) is 6.07 Å². The first-order valence-electron chi connectivity index (χ1n) is 5.43. The first-order chi connectivity index (χ1) is 9.47. The van der Waals surface area contributed by atoms with Gasteiger partial charge in [-0.1, -0.05) is 0 Å². The van der Waals surface area contributed by atoms with Gasteiger partial charge in [-0.2, -0.15) is 5.10 Å². The van der Waals surface area contributed by atoms with Crippen molar-refractivity contribution in [3.05, 3.63) is 42.7 Å². The number of halogens is 1. The molecule has 0 atom stereocenters. The van der Waals surface area contributed by atoms with Crippen LogP contribution in [0.25, 0.3) is 16.7 Å². The lowest BCUT2D eigenvalue weighted by molar-refractivity contribution is 0.589. The molecular weight excluding hydrogens is 285 g/mol. The number of fused-ring (bicyclic) bond motifs is 1. The van der Waals surface area contributed by atoms with E-state index < -0.39 is 15.8 Å². The van der Waals surface area contributed by atoms with E-state index in [4.69, 9.17) is 5.14 Å². The molecular formula is C11H8FN5O2S. The predicted molar refractivity (Wildman–Crippen MR) is 68.0 cm³/mol. The van der Waals surface area contributed by atoms with Gasteiger partial charge >= 0.3 is 0 Å². The van der Waals surface area contributed by atoms with Crippen molar-refractivity contribution in [3.8, 4) is 5.69 Å². The molecule has 2 aromatic heterocycles. The van der Waals surface area contributed by atoms with Crippen molar-refractivity contribution in [1.82, 2.24) is 19.7 Å². The van der Waals surface area contributed by atoms with Crippen molar-refractivity contribution in [3.63, 3.8) is 0 Å². The van der Waals surface area contributed by atoms with Crippen molar-refractivity contribution < 1.29 is 12.8 Å². The molecule has 2 N–H and O–H groups in total. The molecule has 20 heavy (non-hydrogen) atoms. The molecule has 0 saturated carbocycles. The summed E-state index contributed by atoms with van der Waals surface area (Å²) in [6, 6.07) is 3.34. The molecule has 0 fully saturated rings. The molecule has 0 aliphatic carbocycles. The molecule has 102 valence electrons. The van der Waals surface area contributed by atoms with Crippen molar-refractivity contribution in [2.45, 2.75) is 4.90 Å². The van der Waals surface area contributed by atoms with Gasteiger partial charge in [0, 0.05) is 6.20 Å². The maximum atomic E-state index is 14.0. The smallest absolute Gasteiger partial charge is 0.238 e. The summed E-state index contributed by atoms with van der Waals surface area (Å²) < 4.78 is 37.6. The largest absolute Gasteiger partial charge is 0.244 e. The Morgan fingerprint density at radius 2 is 2.05 bits per heavy atom. The van der Waals surface area contributed by atoms with Crippen molar-refractivity contribution in [2.24, 2.45) is 5.14 Å². The van der Waals surface area contributed by atoms with Gasteiger partial charge in [0.15, 0.2) is 5.65 Å². The summed E-state index contributed by atoms with van der Waals surface area (Å²) in [4.78, 5) is 7.54. The maximum absolute atomic E-state index is 14.0. The third kappa shape index (κ3) is 2.02. The molecule has 0 radical (unpaired) electrons. The quantitative estimate of drug-likeness (QED) is 0.745. The molecule has 0 aliphatic rings. The number of hydrogen-bond acceptors (Lipinski definition) is 5. The van der Waals surface area contributed by atoms with Crippen LogP contribution >= 0.6 is 0 Å². The van der Waals surface area contributed by atoms with Crippen LogP contribution in [0.2, 0.25) is 0 Å². The minimum Gasteiger partial charge on any atom is -0.244 e. The third-order valence-electron chi connectivity index (χ3n) is 2.71. The summed E-state index contributed by atoms with van der Waals surface area (Å²) in [5.41, 5.74) is 0.494. The van der Waals surface area contributed by atoms with Gasteiger partial charge in [-0.3, -0.25) is 0 Å². The van der Waals surface area contributed by atoms with Crippen molar-refractivity contribution in [2.75, 3.05) is 0 Å². The Hall–Kier alpha value is -2.39. The van der Waals surface area contributed by atoms with Gasteiger partial charge in [-0.15, -0.1) is 0 Å². The number of nitrogens with two attached hydrogens (primary N) is 1. The fourth-order valence-electron chi connectivity index (χ4n) is 1.79. The van der Waals surface area contributed by atoms with E-state index in [1.807, 2.05) is 0 Å². The summed E-state index contributed by atoms with van der Waals surface area (Å²) in [5.74, 6) is -0.764. The zero-order valence-electron chi connectivity index (χ0n) is 9.93. The Morgan fingerprint density at radius 1 is 1.25 bits per heavy atom. The molecule has 7 nitrogen and oxygen atoms in total. The van der Waals surface area contributed by atoms with Crippen LogP contribution in [-0.4, -0.2) is 28.2 Å². The fourth-order valence-corrected chi connectivity index (χ4v) is 2.31.